The molecule has 0 aliphatic rings. The van der Waals surface area contributed by atoms with Gasteiger partial charge in [-0.05, 0) is 60.5 Å². The minimum Gasteiger partial charge on any atom is -0.306 e. The quantitative estimate of drug-likeness (QED) is 0.145. The Labute approximate surface area is 241 Å². The lowest BCUT2D eigenvalue weighted by Gasteiger charge is -2.17. The lowest BCUT2D eigenvalue weighted by molar-refractivity contribution is 1.30. The van der Waals surface area contributed by atoms with E-state index in [1.165, 1.54) is 20.9 Å². The van der Waals surface area contributed by atoms with Crippen LogP contribution in [0.25, 0.3) is 73.4 Å². The number of hydrogen-bond acceptors (Lipinski definition) is 4. The fraction of sp³-hybridized carbons (Fsp3) is 0. The second kappa shape index (κ2) is 7.07. The van der Waals surface area contributed by atoms with Gasteiger partial charge in [-0.3, -0.25) is 9.59 Å². The van der Waals surface area contributed by atoms with Gasteiger partial charge in [-0.15, -0.1) is 22.7 Å². The number of para-hydroxylation sites is 4. The van der Waals surface area contributed by atoms with E-state index in [4.69, 9.17) is 19.2 Å². The van der Waals surface area contributed by atoms with Crippen LogP contribution in [0.5, 0.6) is 0 Å². The molecular weight excluding hydrogens is 508 g/mol. The molecule has 0 saturated heterocycles. The van der Waals surface area contributed by atoms with Crippen molar-refractivity contribution in [3.8, 4) is 0 Å². The minimum atomic E-state index is -0.821. The molecule has 4 aromatic heterocycles. The SMILES string of the molecule is [2H]c1c([2H])c([2H])c2c(sc3c([2H])c([2H])c([2H])c4c(=O)c5cc6c(=O)c7c([2H])c([2H])c([2H])c8sc9c([2H])c([2H])c([2H])c([2H])c9n(c6cc5n2c34)c87)c1[2H]. The zero-order chi connectivity index (χ0) is 37.3. The van der Waals surface area contributed by atoms with Gasteiger partial charge in [0.2, 0.25) is 0 Å². The molecule has 178 valence electrons. The topological polar surface area (TPSA) is 43.0 Å². The average Bonchev–Trinajstić information content (AvgIpc) is 3.13. The summed E-state index contributed by atoms with van der Waals surface area (Å²) in [5, 5.41) is -1.10. The van der Waals surface area contributed by atoms with Crippen molar-refractivity contribution in [2.45, 2.75) is 0 Å². The summed E-state index contributed by atoms with van der Waals surface area (Å²) in [5.41, 5.74) is -2.10. The Morgan fingerprint density at radius 2 is 0.921 bits per heavy atom. The molecule has 9 rings (SSSR count). The van der Waals surface area contributed by atoms with Crippen LogP contribution in [0.1, 0.15) is 19.2 Å². The second-order valence-corrected chi connectivity index (χ2v) is 10.7. The van der Waals surface area contributed by atoms with E-state index in [2.05, 4.69) is 0 Å². The van der Waals surface area contributed by atoms with Gasteiger partial charge >= 0.3 is 0 Å². The molecular formula is C32H16N2O2S2. The van der Waals surface area contributed by atoms with Crippen molar-refractivity contribution >= 4 is 96.1 Å². The molecule has 0 bridgehead atoms. The molecule has 0 amide bonds. The molecule has 5 aromatic carbocycles. The van der Waals surface area contributed by atoms with Gasteiger partial charge in [0.1, 0.15) is 0 Å². The predicted molar refractivity (Wildman–Crippen MR) is 162 cm³/mol. The van der Waals surface area contributed by atoms with E-state index in [1.807, 2.05) is 0 Å². The first-order valence-electron chi connectivity index (χ1n) is 18.2. The van der Waals surface area contributed by atoms with Crippen LogP contribution in [0.2, 0.25) is 0 Å². The third-order valence-electron chi connectivity index (χ3n) is 6.74. The Hall–Kier alpha value is -4.52. The first kappa shape index (κ1) is 11.5. The molecule has 0 radical (unpaired) electrons. The maximum absolute atomic E-state index is 14.4. The Kier molecular flexibility index (Phi) is 2.13. The number of hydrogen-bond donors (Lipinski definition) is 0. The summed E-state index contributed by atoms with van der Waals surface area (Å²) in [4.78, 5) is 28.9. The molecule has 0 spiro atoms. The van der Waals surface area contributed by atoms with Crippen molar-refractivity contribution in [3.05, 3.63) is 117 Å². The molecule has 0 fully saturated rings. The fourth-order valence-corrected chi connectivity index (χ4v) is 7.08. The highest BCUT2D eigenvalue weighted by molar-refractivity contribution is 7.24. The molecule has 0 aliphatic heterocycles. The molecule has 0 aliphatic carbocycles. The standard InChI is InChI=1S/C32H16N2O2S2/c35-31-17-7-5-13-27-29(17)33(21-9-1-3-11-25(21)37-27)23-16-24-20(15-19(23)31)32(36)18-8-6-14-28-30(18)34(24)22-10-2-4-12-26(22)38-28/h1-16H/i1D,2D,3D,4D,5D,6D,7D,8D,9D,10D,11D,12D,13D,14D. The summed E-state index contributed by atoms with van der Waals surface area (Å²) < 4.78 is 123. The Balaban J connectivity index is 1.73. The van der Waals surface area contributed by atoms with Crippen LogP contribution in [0, 0.1) is 0 Å². The van der Waals surface area contributed by atoms with Crippen LogP contribution in [0.4, 0.5) is 0 Å². The van der Waals surface area contributed by atoms with Gasteiger partial charge in [0.15, 0.2) is 10.9 Å². The molecule has 4 heterocycles. The summed E-state index contributed by atoms with van der Waals surface area (Å²) in [6, 6.07) is -5.05. The van der Waals surface area contributed by atoms with Gasteiger partial charge in [-0.25, -0.2) is 0 Å². The summed E-state index contributed by atoms with van der Waals surface area (Å²) in [7, 11) is 0. The highest BCUT2D eigenvalue weighted by Crippen LogP contribution is 2.36. The number of pyridine rings is 2. The average molecular weight is 539 g/mol. The molecule has 0 saturated carbocycles. The molecule has 9 aromatic rings. The molecule has 38 heavy (non-hydrogen) atoms. The van der Waals surface area contributed by atoms with Crippen LogP contribution >= 0.6 is 22.7 Å². The zero-order valence-electron chi connectivity index (χ0n) is 32.7. The first-order valence-corrected chi connectivity index (χ1v) is 12.9. The Morgan fingerprint density at radius 3 is 1.42 bits per heavy atom. The number of benzene rings is 5. The van der Waals surface area contributed by atoms with E-state index in [9.17, 15) is 9.59 Å². The van der Waals surface area contributed by atoms with Gasteiger partial charge in [0.05, 0.1) is 71.1 Å². The van der Waals surface area contributed by atoms with Crippen molar-refractivity contribution < 1.29 is 19.2 Å². The maximum atomic E-state index is 14.4. The highest BCUT2D eigenvalue weighted by Gasteiger charge is 2.19. The maximum Gasteiger partial charge on any atom is 0.197 e. The Bertz CT molecular complexity index is 3180. The van der Waals surface area contributed by atoms with Crippen molar-refractivity contribution in [2.75, 3.05) is 0 Å². The zero-order valence-corrected chi connectivity index (χ0v) is 20.3. The smallest absolute Gasteiger partial charge is 0.197 e. The minimum absolute atomic E-state index is 0.0107. The van der Waals surface area contributed by atoms with Crippen molar-refractivity contribution in [2.24, 2.45) is 0 Å². The highest BCUT2D eigenvalue weighted by atomic mass is 32.1. The summed E-state index contributed by atoms with van der Waals surface area (Å²) >= 11 is 1.54. The van der Waals surface area contributed by atoms with E-state index in [-0.39, 0.29) is 73.4 Å². The molecule has 4 nitrogen and oxygen atoms in total. The number of nitrogens with zero attached hydrogens (tertiary/aromatic N) is 2. The predicted octanol–water partition coefficient (Wildman–Crippen LogP) is 7.95. The van der Waals surface area contributed by atoms with Gasteiger partial charge in [-0.2, -0.15) is 0 Å². The van der Waals surface area contributed by atoms with Crippen LogP contribution in [0.15, 0.2) is 106 Å². The summed E-state index contributed by atoms with van der Waals surface area (Å²) in [6.45, 7) is 0. The van der Waals surface area contributed by atoms with Crippen LogP contribution in [-0.2, 0) is 0 Å². The number of fused-ring (bicyclic) bond motifs is 8. The normalized spacial score (nSPS) is 17.6. The molecule has 0 N–H and O–H groups in total. The van der Waals surface area contributed by atoms with Crippen molar-refractivity contribution in [3.63, 3.8) is 0 Å². The van der Waals surface area contributed by atoms with Crippen molar-refractivity contribution in [1.82, 2.24) is 8.80 Å². The van der Waals surface area contributed by atoms with Gasteiger partial charge in [0, 0.05) is 21.5 Å². The van der Waals surface area contributed by atoms with E-state index in [0.29, 0.717) is 0 Å². The van der Waals surface area contributed by atoms with Crippen LogP contribution in [0.3, 0.4) is 0 Å². The third-order valence-corrected chi connectivity index (χ3v) is 8.74. The first-order chi connectivity index (χ1) is 24.5. The lowest BCUT2D eigenvalue weighted by atomic mass is 10.0. The van der Waals surface area contributed by atoms with Gasteiger partial charge in [0.25, 0.3) is 0 Å². The lowest BCUT2D eigenvalue weighted by Crippen LogP contribution is -2.12. The molecule has 0 unspecified atom stereocenters. The van der Waals surface area contributed by atoms with E-state index in [0.717, 1.165) is 22.7 Å². The number of rotatable bonds is 0. The summed E-state index contributed by atoms with van der Waals surface area (Å²) in [5.74, 6) is 0. The van der Waals surface area contributed by atoms with Crippen molar-refractivity contribution in [1.29, 1.82) is 0 Å². The van der Waals surface area contributed by atoms with Gasteiger partial charge in [-0.1, -0.05) is 36.3 Å². The molecule has 6 heteroatoms. The number of aromatic nitrogens is 2. The van der Waals surface area contributed by atoms with Crippen LogP contribution < -0.4 is 10.9 Å². The van der Waals surface area contributed by atoms with Crippen LogP contribution in [-0.4, -0.2) is 8.80 Å². The third kappa shape index (κ3) is 2.44. The second-order valence-electron chi connectivity index (χ2n) is 8.63. The monoisotopic (exact) mass is 538 g/mol. The van der Waals surface area contributed by atoms with E-state index >= 15 is 0 Å². The fourth-order valence-electron chi connectivity index (χ4n) is 5.21. The van der Waals surface area contributed by atoms with E-state index < -0.39 is 95.5 Å². The van der Waals surface area contributed by atoms with Gasteiger partial charge < -0.3 is 8.80 Å². The molecule has 0 atom stereocenters. The largest absolute Gasteiger partial charge is 0.306 e. The summed E-state index contributed by atoms with van der Waals surface area (Å²) in [6.07, 6.45) is 0. The Morgan fingerprint density at radius 1 is 0.474 bits per heavy atom. The van der Waals surface area contributed by atoms with E-state index in [1.54, 1.807) is 0 Å².